The molecule has 1 saturated carbocycles. The first kappa shape index (κ1) is 17.1. The van der Waals surface area contributed by atoms with E-state index in [4.69, 9.17) is 5.73 Å². The maximum Gasteiger partial charge on any atom is 0.255 e. The normalized spacial score (nSPS) is 14.6. The van der Waals surface area contributed by atoms with Gasteiger partial charge in [0.2, 0.25) is 0 Å². The van der Waals surface area contributed by atoms with Crippen LogP contribution >= 0.6 is 0 Å². The van der Waals surface area contributed by atoms with Crippen LogP contribution in [-0.4, -0.2) is 29.4 Å². The van der Waals surface area contributed by atoms with Gasteiger partial charge in [0, 0.05) is 30.5 Å². The van der Waals surface area contributed by atoms with Crippen LogP contribution in [0.3, 0.4) is 0 Å². The second kappa shape index (κ2) is 7.44. The highest BCUT2D eigenvalue weighted by molar-refractivity contribution is 6.09. The minimum atomic E-state index is -0.275. The molecule has 0 radical (unpaired) electrons. The number of benzene rings is 1. The highest BCUT2D eigenvalue weighted by Crippen LogP contribution is 2.32. The molecule has 1 heterocycles. The lowest BCUT2D eigenvalue weighted by molar-refractivity contribution is 0.0934. The van der Waals surface area contributed by atoms with Gasteiger partial charge in [-0.25, -0.2) is 0 Å². The van der Waals surface area contributed by atoms with Gasteiger partial charge in [0.05, 0.1) is 11.3 Å². The van der Waals surface area contributed by atoms with Crippen molar-refractivity contribution in [1.29, 1.82) is 0 Å². The molecule has 0 bridgehead atoms. The van der Waals surface area contributed by atoms with E-state index in [0.29, 0.717) is 29.3 Å². The monoisotopic (exact) mass is 338 g/mol. The predicted octanol–water partition coefficient (Wildman–Crippen LogP) is 2.11. The number of amides is 2. The van der Waals surface area contributed by atoms with Gasteiger partial charge in [-0.3, -0.25) is 14.6 Å². The van der Waals surface area contributed by atoms with Crippen molar-refractivity contribution in [2.75, 3.05) is 11.9 Å². The Bertz CT molecular complexity index is 772. The predicted molar refractivity (Wildman–Crippen MR) is 96.4 cm³/mol. The number of nitrogens with two attached hydrogens (primary N) is 1. The Hall–Kier alpha value is -2.73. The summed E-state index contributed by atoms with van der Waals surface area (Å²) in [6, 6.07) is 8.62. The molecule has 1 aromatic heterocycles. The Morgan fingerprint density at radius 2 is 1.92 bits per heavy atom. The van der Waals surface area contributed by atoms with Gasteiger partial charge in [-0.05, 0) is 49.4 Å². The van der Waals surface area contributed by atoms with Crippen LogP contribution in [0.2, 0.25) is 0 Å². The van der Waals surface area contributed by atoms with E-state index >= 15 is 0 Å². The third-order valence-electron chi connectivity index (χ3n) is 4.46. The maximum atomic E-state index is 12.7. The van der Waals surface area contributed by atoms with Gasteiger partial charge < -0.3 is 16.4 Å². The molecule has 1 aliphatic rings. The lowest BCUT2D eigenvalue weighted by Crippen LogP contribution is -2.42. The smallest absolute Gasteiger partial charge is 0.255 e. The summed E-state index contributed by atoms with van der Waals surface area (Å²) < 4.78 is 0. The number of carbonyl (C=O) groups excluding carboxylic acids is 2. The van der Waals surface area contributed by atoms with Crippen molar-refractivity contribution in [3.63, 3.8) is 0 Å². The van der Waals surface area contributed by atoms with Crippen molar-refractivity contribution in [3.8, 4) is 0 Å². The average Bonchev–Trinajstić information content (AvgIpc) is 3.47. The zero-order valence-electron chi connectivity index (χ0n) is 14.2. The molecule has 0 aliphatic heterocycles. The van der Waals surface area contributed by atoms with E-state index in [1.165, 1.54) is 0 Å². The van der Waals surface area contributed by atoms with Crippen LogP contribution in [-0.2, 0) is 0 Å². The van der Waals surface area contributed by atoms with Gasteiger partial charge in [0.15, 0.2) is 0 Å². The van der Waals surface area contributed by atoms with Crippen LogP contribution in [0.1, 0.15) is 39.1 Å². The molecule has 1 aromatic carbocycles. The molecular weight excluding hydrogens is 316 g/mol. The number of aromatic nitrogens is 1. The summed E-state index contributed by atoms with van der Waals surface area (Å²) in [5, 5.41) is 5.85. The molecule has 4 N–H and O–H groups in total. The van der Waals surface area contributed by atoms with E-state index in [-0.39, 0.29) is 17.9 Å². The molecule has 130 valence electrons. The van der Waals surface area contributed by atoms with Gasteiger partial charge in [0.25, 0.3) is 11.8 Å². The van der Waals surface area contributed by atoms with E-state index in [1.807, 2.05) is 13.0 Å². The third kappa shape index (κ3) is 4.03. The fourth-order valence-electron chi connectivity index (χ4n) is 2.83. The molecule has 1 fully saturated rings. The number of anilines is 1. The van der Waals surface area contributed by atoms with Crippen molar-refractivity contribution < 1.29 is 9.59 Å². The van der Waals surface area contributed by atoms with E-state index in [2.05, 4.69) is 15.6 Å². The average molecular weight is 338 g/mol. The number of hydrogen-bond donors (Lipinski definition) is 3. The van der Waals surface area contributed by atoms with Gasteiger partial charge in [-0.2, -0.15) is 0 Å². The highest BCUT2D eigenvalue weighted by atomic mass is 16.2. The Morgan fingerprint density at radius 3 is 2.56 bits per heavy atom. The fourth-order valence-corrected chi connectivity index (χ4v) is 2.83. The third-order valence-corrected chi connectivity index (χ3v) is 4.46. The van der Waals surface area contributed by atoms with Gasteiger partial charge in [-0.15, -0.1) is 0 Å². The van der Waals surface area contributed by atoms with Crippen LogP contribution in [0.4, 0.5) is 5.69 Å². The number of carbonyl (C=O) groups is 2. The lowest BCUT2D eigenvalue weighted by atomic mass is 10.1. The number of para-hydroxylation sites is 1. The standard InChI is InChI=1S/C19H22N4O2/c1-12-3-2-4-15(19(25)22-16(11-20)13-5-6-13)17(12)23-18(24)14-7-9-21-10-8-14/h2-4,7-10,13,16H,5-6,11,20H2,1H3,(H,22,25)(H,23,24). The van der Waals surface area contributed by atoms with E-state index in [0.717, 1.165) is 18.4 Å². The minimum absolute atomic E-state index is 0.0169. The Balaban J connectivity index is 1.81. The molecule has 3 rings (SSSR count). The molecule has 0 saturated heterocycles. The zero-order chi connectivity index (χ0) is 17.8. The molecular formula is C19H22N4O2. The number of hydrogen-bond acceptors (Lipinski definition) is 4. The molecule has 2 amide bonds. The second-order valence-electron chi connectivity index (χ2n) is 6.34. The summed E-state index contributed by atoms with van der Waals surface area (Å²) in [5.41, 5.74) is 8.06. The SMILES string of the molecule is Cc1cccc(C(=O)NC(CN)C2CC2)c1NC(=O)c1ccncc1. The van der Waals surface area contributed by atoms with Crippen molar-refractivity contribution in [1.82, 2.24) is 10.3 Å². The molecule has 1 aliphatic carbocycles. The first-order valence-corrected chi connectivity index (χ1v) is 8.42. The number of aryl methyl sites for hydroxylation is 1. The Morgan fingerprint density at radius 1 is 1.20 bits per heavy atom. The Labute approximate surface area is 146 Å². The van der Waals surface area contributed by atoms with Crippen LogP contribution < -0.4 is 16.4 Å². The van der Waals surface area contributed by atoms with Crippen LogP contribution in [0.15, 0.2) is 42.7 Å². The van der Waals surface area contributed by atoms with Crippen LogP contribution in [0.5, 0.6) is 0 Å². The van der Waals surface area contributed by atoms with Gasteiger partial charge >= 0.3 is 0 Å². The minimum Gasteiger partial charge on any atom is -0.348 e. The molecule has 6 heteroatoms. The summed E-state index contributed by atoms with van der Waals surface area (Å²) in [7, 11) is 0. The quantitative estimate of drug-likeness (QED) is 0.751. The molecule has 1 atom stereocenters. The number of nitrogens with one attached hydrogen (secondary N) is 2. The molecule has 1 unspecified atom stereocenters. The Kier molecular flexibility index (Phi) is 5.09. The number of pyridine rings is 1. The van der Waals surface area contributed by atoms with Gasteiger partial charge in [-0.1, -0.05) is 12.1 Å². The number of rotatable bonds is 6. The van der Waals surface area contributed by atoms with Crippen LogP contribution in [0, 0.1) is 12.8 Å². The number of nitrogens with zero attached hydrogens (tertiary/aromatic N) is 1. The van der Waals surface area contributed by atoms with Crippen molar-refractivity contribution in [3.05, 3.63) is 59.4 Å². The van der Waals surface area contributed by atoms with Gasteiger partial charge in [0.1, 0.15) is 0 Å². The first-order chi connectivity index (χ1) is 12.1. The van der Waals surface area contributed by atoms with E-state index in [1.54, 1.807) is 36.7 Å². The van der Waals surface area contributed by atoms with Crippen molar-refractivity contribution in [2.45, 2.75) is 25.8 Å². The lowest BCUT2D eigenvalue weighted by Gasteiger charge is -2.19. The largest absolute Gasteiger partial charge is 0.348 e. The summed E-state index contributed by atoms with van der Waals surface area (Å²) in [6.07, 6.45) is 5.31. The van der Waals surface area contributed by atoms with Crippen LogP contribution in [0.25, 0.3) is 0 Å². The van der Waals surface area contributed by atoms with Crippen molar-refractivity contribution >= 4 is 17.5 Å². The first-order valence-electron chi connectivity index (χ1n) is 8.42. The molecule has 25 heavy (non-hydrogen) atoms. The second-order valence-corrected chi connectivity index (χ2v) is 6.34. The van der Waals surface area contributed by atoms with E-state index < -0.39 is 0 Å². The summed E-state index contributed by atoms with van der Waals surface area (Å²) in [6.45, 7) is 2.28. The summed E-state index contributed by atoms with van der Waals surface area (Å²) in [5.74, 6) is -0.0204. The van der Waals surface area contributed by atoms with E-state index in [9.17, 15) is 9.59 Å². The topological polar surface area (TPSA) is 97.1 Å². The van der Waals surface area contributed by atoms with Crippen molar-refractivity contribution in [2.24, 2.45) is 11.7 Å². The zero-order valence-corrected chi connectivity index (χ0v) is 14.2. The summed E-state index contributed by atoms with van der Waals surface area (Å²) in [4.78, 5) is 29.1. The molecule has 6 nitrogen and oxygen atoms in total. The highest BCUT2D eigenvalue weighted by Gasteiger charge is 2.32. The molecule has 2 aromatic rings. The fraction of sp³-hybridized carbons (Fsp3) is 0.316. The molecule has 0 spiro atoms. The summed E-state index contributed by atoms with van der Waals surface area (Å²) >= 11 is 0. The maximum absolute atomic E-state index is 12.7.